The van der Waals surface area contributed by atoms with Crippen LogP contribution in [-0.4, -0.2) is 39.0 Å². The van der Waals surface area contributed by atoms with Gasteiger partial charge in [0.25, 0.3) is 5.91 Å². The summed E-state index contributed by atoms with van der Waals surface area (Å²) in [5.74, 6) is 1.30. The van der Waals surface area contributed by atoms with Gasteiger partial charge in [0.15, 0.2) is 23.3 Å². The Kier molecular flexibility index (Phi) is 7.18. The first kappa shape index (κ1) is 21.4. The fraction of sp³-hybridized carbons (Fsp3) is 0.364. The number of nitrogens with one attached hydrogen (secondary N) is 2. The third-order valence-electron chi connectivity index (χ3n) is 5.00. The van der Waals surface area contributed by atoms with E-state index in [1.165, 1.54) is 6.92 Å². The molecule has 0 aliphatic rings. The fourth-order valence-corrected chi connectivity index (χ4v) is 2.93. The highest BCUT2D eigenvalue weighted by Crippen LogP contribution is 2.29. The van der Waals surface area contributed by atoms with E-state index in [4.69, 9.17) is 9.47 Å². The van der Waals surface area contributed by atoms with Crippen molar-refractivity contribution >= 4 is 17.4 Å². The van der Waals surface area contributed by atoms with Crippen molar-refractivity contribution in [3.8, 4) is 11.5 Å². The van der Waals surface area contributed by atoms with Crippen molar-refractivity contribution < 1.29 is 24.0 Å². The standard InChI is InChI=1S/C22H28N2O4/c1-14-11-20(27-5)21(28-6)12-18(14)13-24(4)15(2)22(26)23-19-9-7-17(8-10-19)16(3)25/h7-12,15H,13H2,1-6H3,(H,23,26)/p+1/t15-/m0/s1. The molecule has 0 aromatic heterocycles. The van der Waals surface area contributed by atoms with Crippen LogP contribution >= 0.6 is 0 Å². The number of Topliss-reactive ketones (excluding diaryl/α,β-unsaturated/α-hetero) is 1. The topological polar surface area (TPSA) is 69.1 Å². The molecule has 0 spiro atoms. The molecule has 2 atom stereocenters. The van der Waals surface area contributed by atoms with Gasteiger partial charge in [-0.05, 0) is 62.7 Å². The number of quaternary nitrogens is 1. The van der Waals surface area contributed by atoms with Crippen molar-refractivity contribution in [3.63, 3.8) is 0 Å². The van der Waals surface area contributed by atoms with E-state index < -0.39 is 0 Å². The summed E-state index contributed by atoms with van der Waals surface area (Å²) in [5, 5.41) is 2.91. The minimum absolute atomic E-state index is 0.000659. The number of carbonyl (C=O) groups is 2. The number of hydrogen-bond donors (Lipinski definition) is 2. The number of likely N-dealkylation sites (N-methyl/N-ethyl adjacent to an activating group) is 1. The molecule has 0 saturated heterocycles. The third kappa shape index (κ3) is 5.10. The van der Waals surface area contributed by atoms with Crippen molar-refractivity contribution in [3.05, 3.63) is 53.1 Å². The molecular formula is C22H29N2O4+. The lowest BCUT2D eigenvalue weighted by molar-refractivity contribution is -0.907. The van der Waals surface area contributed by atoms with Gasteiger partial charge in [-0.2, -0.15) is 0 Å². The number of amides is 1. The summed E-state index contributed by atoms with van der Waals surface area (Å²) in [6, 6.07) is 10.6. The van der Waals surface area contributed by atoms with Crippen molar-refractivity contribution in [2.75, 3.05) is 26.6 Å². The molecule has 2 rings (SSSR count). The van der Waals surface area contributed by atoms with Gasteiger partial charge in [0, 0.05) is 16.8 Å². The third-order valence-corrected chi connectivity index (χ3v) is 5.00. The zero-order valence-corrected chi connectivity index (χ0v) is 17.4. The summed E-state index contributed by atoms with van der Waals surface area (Å²) in [7, 11) is 5.21. The number of rotatable bonds is 8. The number of methoxy groups -OCH3 is 2. The van der Waals surface area contributed by atoms with Crippen LogP contribution in [0.3, 0.4) is 0 Å². The second-order valence-corrected chi connectivity index (χ2v) is 7.00. The van der Waals surface area contributed by atoms with E-state index in [1.807, 2.05) is 33.0 Å². The highest BCUT2D eigenvalue weighted by molar-refractivity contribution is 5.96. The Bertz CT molecular complexity index is 846. The maximum atomic E-state index is 12.6. The Morgan fingerprint density at radius 1 is 1.07 bits per heavy atom. The molecule has 0 bridgehead atoms. The average molecular weight is 385 g/mol. The van der Waals surface area contributed by atoms with Gasteiger partial charge < -0.3 is 19.7 Å². The average Bonchev–Trinajstić information content (AvgIpc) is 2.68. The van der Waals surface area contributed by atoms with Gasteiger partial charge in [-0.1, -0.05) is 0 Å². The van der Waals surface area contributed by atoms with Crippen molar-refractivity contribution in [2.45, 2.75) is 33.4 Å². The zero-order chi connectivity index (χ0) is 20.8. The van der Waals surface area contributed by atoms with Gasteiger partial charge in [0.2, 0.25) is 0 Å². The predicted octanol–water partition coefficient (Wildman–Crippen LogP) is 2.26. The summed E-state index contributed by atoms with van der Waals surface area (Å²) in [6.45, 7) is 6.10. The number of ketones is 1. The molecule has 150 valence electrons. The van der Waals surface area contributed by atoms with Crippen molar-refractivity contribution in [1.29, 1.82) is 0 Å². The normalized spacial score (nSPS) is 12.8. The minimum Gasteiger partial charge on any atom is -0.493 e. The van der Waals surface area contributed by atoms with Gasteiger partial charge in [-0.25, -0.2) is 0 Å². The monoisotopic (exact) mass is 385 g/mol. The quantitative estimate of drug-likeness (QED) is 0.684. The molecule has 0 fully saturated rings. The summed E-state index contributed by atoms with van der Waals surface area (Å²) in [6.07, 6.45) is 0. The highest BCUT2D eigenvalue weighted by atomic mass is 16.5. The molecule has 2 aromatic rings. The second kappa shape index (κ2) is 9.37. The van der Waals surface area contributed by atoms with Crippen LogP contribution in [0.15, 0.2) is 36.4 Å². The summed E-state index contributed by atoms with van der Waals surface area (Å²) < 4.78 is 10.7. The number of hydrogen-bond acceptors (Lipinski definition) is 4. The molecule has 2 aromatic carbocycles. The van der Waals surface area contributed by atoms with Gasteiger partial charge in [-0.15, -0.1) is 0 Å². The Morgan fingerprint density at radius 3 is 2.18 bits per heavy atom. The van der Waals surface area contributed by atoms with Crippen LogP contribution in [0.2, 0.25) is 0 Å². The van der Waals surface area contributed by atoms with E-state index in [2.05, 4.69) is 5.32 Å². The van der Waals surface area contributed by atoms with E-state index in [1.54, 1.807) is 38.5 Å². The van der Waals surface area contributed by atoms with Gasteiger partial charge >= 0.3 is 0 Å². The molecule has 0 radical (unpaired) electrons. The molecule has 0 aliphatic carbocycles. The lowest BCUT2D eigenvalue weighted by atomic mass is 10.1. The number of carbonyl (C=O) groups excluding carboxylic acids is 2. The van der Waals surface area contributed by atoms with E-state index in [0.717, 1.165) is 16.0 Å². The SMILES string of the molecule is COc1cc(C)c(C[NH+](C)[C@@H](C)C(=O)Nc2ccc(C(C)=O)cc2)cc1OC. The lowest BCUT2D eigenvalue weighted by Crippen LogP contribution is -3.12. The molecular weight excluding hydrogens is 356 g/mol. The van der Waals surface area contributed by atoms with Crippen LogP contribution in [-0.2, 0) is 11.3 Å². The lowest BCUT2D eigenvalue weighted by Gasteiger charge is -2.22. The Balaban J connectivity index is 2.06. The number of benzene rings is 2. The maximum Gasteiger partial charge on any atom is 0.282 e. The Morgan fingerprint density at radius 2 is 1.64 bits per heavy atom. The van der Waals surface area contributed by atoms with Gasteiger partial charge in [0.05, 0.1) is 21.3 Å². The molecule has 0 heterocycles. The summed E-state index contributed by atoms with van der Waals surface area (Å²) >= 11 is 0. The predicted molar refractivity (Wildman–Crippen MR) is 109 cm³/mol. The van der Waals surface area contributed by atoms with Crippen molar-refractivity contribution in [2.24, 2.45) is 0 Å². The molecule has 6 nitrogen and oxygen atoms in total. The molecule has 1 unspecified atom stereocenters. The molecule has 0 saturated carbocycles. The van der Waals surface area contributed by atoms with Crippen molar-refractivity contribution in [1.82, 2.24) is 0 Å². The van der Waals surface area contributed by atoms with E-state index in [9.17, 15) is 9.59 Å². The second-order valence-electron chi connectivity index (χ2n) is 7.00. The molecule has 2 N–H and O–H groups in total. The van der Waals surface area contributed by atoms with Gasteiger partial charge in [-0.3, -0.25) is 9.59 Å². The first-order valence-electron chi connectivity index (χ1n) is 9.22. The molecule has 6 heteroatoms. The van der Waals surface area contributed by atoms with Crippen LogP contribution in [0.25, 0.3) is 0 Å². The minimum atomic E-state index is -0.264. The number of anilines is 1. The zero-order valence-electron chi connectivity index (χ0n) is 17.4. The van der Waals surface area contributed by atoms with Gasteiger partial charge in [0.1, 0.15) is 6.54 Å². The smallest absolute Gasteiger partial charge is 0.282 e. The number of aryl methyl sites for hydroxylation is 1. The Labute approximate surface area is 166 Å². The first-order chi connectivity index (χ1) is 13.3. The highest BCUT2D eigenvalue weighted by Gasteiger charge is 2.23. The fourth-order valence-electron chi connectivity index (χ4n) is 2.93. The van der Waals surface area contributed by atoms with Crippen LogP contribution in [0, 0.1) is 6.92 Å². The summed E-state index contributed by atoms with van der Waals surface area (Å²) in [5.41, 5.74) is 3.49. The van der Waals surface area contributed by atoms with E-state index >= 15 is 0 Å². The Hall–Kier alpha value is -2.86. The maximum absolute atomic E-state index is 12.6. The first-order valence-corrected chi connectivity index (χ1v) is 9.22. The van der Waals surface area contributed by atoms with Crippen LogP contribution in [0.1, 0.15) is 35.3 Å². The van der Waals surface area contributed by atoms with Crippen LogP contribution in [0.5, 0.6) is 11.5 Å². The molecule has 28 heavy (non-hydrogen) atoms. The van der Waals surface area contributed by atoms with Crippen LogP contribution in [0.4, 0.5) is 5.69 Å². The van der Waals surface area contributed by atoms with Crippen LogP contribution < -0.4 is 19.7 Å². The summed E-state index contributed by atoms with van der Waals surface area (Å²) in [4.78, 5) is 25.0. The molecule has 1 amide bonds. The largest absolute Gasteiger partial charge is 0.493 e. The van der Waals surface area contributed by atoms with E-state index in [0.29, 0.717) is 29.3 Å². The molecule has 0 aliphatic heterocycles. The van der Waals surface area contributed by atoms with E-state index in [-0.39, 0.29) is 17.7 Å². The number of ether oxygens (including phenoxy) is 2.